The largest absolute Gasteiger partial charge is 0.416 e. The third-order valence-corrected chi connectivity index (χ3v) is 5.39. The van der Waals surface area contributed by atoms with Crippen LogP contribution >= 0.6 is 0 Å². The molecular formula is C23H22F3N5O. The number of anilines is 3. The van der Waals surface area contributed by atoms with Crippen LogP contribution in [0, 0.1) is 0 Å². The van der Waals surface area contributed by atoms with Crippen molar-refractivity contribution >= 4 is 23.4 Å². The molecule has 0 radical (unpaired) electrons. The Morgan fingerprint density at radius 3 is 2.59 bits per heavy atom. The number of carbonyl (C=O) groups excluding carboxylic acids is 1. The van der Waals surface area contributed by atoms with E-state index in [-0.39, 0.29) is 6.03 Å². The van der Waals surface area contributed by atoms with Gasteiger partial charge in [0.15, 0.2) is 5.82 Å². The predicted molar refractivity (Wildman–Crippen MR) is 118 cm³/mol. The van der Waals surface area contributed by atoms with E-state index < -0.39 is 11.7 Å². The third-order valence-electron chi connectivity index (χ3n) is 5.39. The number of fused-ring (bicyclic) bond motifs is 1. The van der Waals surface area contributed by atoms with E-state index in [2.05, 4.69) is 9.97 Å². The molecule has 166 valence electrons. The zero-order valence-electron chi connectivity index (χ0n) is 17.7. The molecule has 0 spiro atoms. The maximum Gasteiger partial charge on any atom is 0.416 e. The molecule has 3 aromatic rings. The lowest BCUT2D eigenvalue weighted by Crippen LogP contribution is -2.42. The zero-order chi connectivity index (χ0) is 22.9. The predicted octanol–water partition coefficient (Wildman–Crippen LogP) is 5.07. The van der Waals surface area contributed by atoms with E-state index in [4.69, 9.17) is 0 Å². The Labute approximate surface area is 183 Å². The number of hydrogen-bond acceptors (Lipinski definition) is 4. The first kappa shape index (κ1) is 21.6. The summed E-state index contributed by atoms with van der Waals surface area (Å²) in [5, 5.41) is 0. The van der Waals surface area contributed by atoms with Gasteiger partial charge in [0, 0.05) is 38.9 Å². The van der Waals surface area contributed by atoms with Crippen LogP contribution in [0.15, 0.2) is 60.8 Å². The number of pyridine rings is 2. The first-order chi connectivity index (χ1) is 15.3. The van der Waals surface area contributed by atoms with Crippen LogP contribution < -0.4 is 14.7 Å². The van der Waals surface area contributed by atoms with Gasteiger partial charge in [-0.15, -0.1) is 0 Å². The molecule has 0 saturated heterocycles. The van der Waals surface area contributed by atoms with Crippen LogP contribution in [0.3, 0.4) is 0 Å². The number of alkyl halides is 3. The summed E-state index contributed by atoms with van der Waals surface area (Å²) in [6.45, 7) is 1.14. The molecule has 1 aliphatic heterocycles. The van der Waals surface area contributed by atoms with E-state index >= 15 is 0 Å². The fourth-order valence-corrected chi connectivity index (χ4v) is 3.66. The number of hydrogen-bond donors (Lipinski definition) is 0. The van der Waals surface area contributed by atoms with Crippen molar-refractivity contribution < 1.29 is 18.0 Å². The molecule has 1 aliphatic rings. The number of rotatable bonds is 2. The molecule has 0 aliphatic carbocycles. The molecule has 3 heterocycles. The average Bonchev–Trinajstić information content (AvgIpc) is 2.96. The summed E-state index contributed by atoms with van der Waals surface area (Å²) in [6, 6.07) is 13.5. The zero-order valence-corrected chi connectivity index (χ0v) is 17.7. The van der Waals surface area contributed by atoms with Gasteiger partial charge < -0.3 is 4.90 Å². The molecule has 2 amide bonds. The molecule has 9 heteroatoms. The van der Waals surface area contributed by atoms with Gasteiger partial charge in [0.05, 0.1) is 16.9 Å². The Kier molecular flexibility index (Phi) is 5.73. The molecule has 0 bridgehead atoms. The fraction of sp³-hybridized carbons (Fsp3) is 0.261. The Hall–Kier alpha value is -3.62. The molecule has 0 unspecified atom stereocenters. The van der Waals surface area contributed by atoms with Crippen LogP contribution in [0.5, 0.6) is 0 Å². The van der Waals surface area contributed by atoms with Gasteiger partial charge in [0.2, 0.25) is 0 Å². The van der Waals surface area contributed by atoms with Crippen LogP contribution in [-0.4, -0.2) is 43.2 Å². The Bertz CT molecular complexity index is 1120. The van der Waals surface area contributed by atoms with Crippen molar-refractivity contribution in [3.8, 4) is 11.3 Å². The van der Waals surface area contributed by atoms with Gasteiger partial charge in [-0.3, -0.25) is 9.80 Å². The highest BCUT2D eigenvalue weighted by Gasteiger charge is 2.31. The minimum Gasteiger partial charge on any atom is -0.372 e. The minimum atomic E-state index is -4.45. The Balaban J connectivity index is 1.76. The van der Waals surface area contributed by atoms with Crippen molar-refractivity contribution in [2.45, 2.75) is 12.6 Å². The quantitative estimate of drug-likeness (QED) is 0.558. The number of aromatic nitrogens is 2. The lowest BCUT2D eigenvalue weighted by molar-refractivity contribution is -0.137. The second kappa shape index (κ2) is 8.49. The standard InChI is InChI=1S/C23H22F3N5O/c1-29-13-6-14-31(22(32)30(2)20-9-3-4-12-27-20)21-19(29)11-10-18(28-21)16-7-5-8-17(15-16)23(24,25)26/h3-5,7-12,15H,6,13-14H2,1-2H3. The second-order valence-electron chi connectivity index (χ2n) is 7.57. The van der Waals surface area contributed by atoms with Crippen LogP contribution in [0.25, 0.3) is 11.3 Å². The summed E-state index contributed by atoms with van der Waals surface area (Å²) in [4.78, 5) is 27.2. The van der Waals surface area contributed by atoms with Crippen molar-refractivity contribution in [1.82, 2.24) is 9.97 Å². The molecule has 1 aromatic carbocycles. The number of benzene rings is 1. The van der Waals surface area contributed by atoms with Gasteiger partial charge in [-0.2, -0.15) is 13.2 Å². The van der Waals surface area contributed by atoms with Gasteiger partial charge >= 0.3 is 12.2 Å². The van der Waals surface area contributed by atoms with Crippen molar-refractivity contribution in [2.75, 3.05) is 41.9 Å². The monoisotopic (exact) mass is 441 g/mol. The topological polar surface area (TPSA) is 52.6 Å². The Morgan fingerprint density at radius 1 is 1.06 bits per heavy atom. The maximum atomic E-state index is 13.4. The van der Waals surface area contributed by atoms with Crippen LogP contribution in [-0.2, 0) is 6.18 Å². The normalized spacial score (nSPS) is 14.0. The second-order valence-corrected chi connectivity index (χ2v) is 7.57. The van der Waals surface area contributed by atoms with E-state index in [1.807, 2.05) is 11.9 Å². The van der Waals surface area contributed by atoms with Gasteiger partial charge in [0.25, 0.3) is 0 Å². The number of amides is 2. The fourth-order valence-electron chi connectivity index (χ4n) is 3.66. The number of halogens is 3. The first-order valence-electron chi connectivity index (χ1n) is 10.1. The SMILES string of the molecule is CN1CCCN(C(=O)N(C)c2ccccn2)c2nc(-c3cccc(C(F)(F)F)c3)ccc21. The summed E-state index contributed by atoms with van der Waals surface area (Å²) in [7, 11) is 3.54. The molecule has 0 atom stereocenters. The van der Waals surface area contributed by atoms with E-state index in [1.54, 1.807) is 54.5 Å². The summed E-state index contributed by atoms with van der Waals surface area (Å²) in [5.74, 6) is 0.901. The summed E-state index contributed by atoms with van der Waals surface area (Å²) in [5.41, 5.74) is 0.691. The van der Waals surface area contributed by atoms with Crippen LogP contribution in [0.4, 0.5) is 35.3 Å². The highest BCUT2D eigenvalue weighted by atomic mass is 19.4. The molecule has 0 fully saturated rings. The van der Waals surface area contributed by atoms with Crippen molar-refractivity contribution in [3.05, 3.63) is 66.4 Å². The van der Waals surface area contributed by atoms with E-state index in [0.29, 0.717) is 42.4 Å². The van der Waals surface area contributed by atoms with Crippen LogP contribution in [0.2, 0.25) is 0 Å². The number of carbonyl (C=O) groups is 1. The molecule has 2 aromatic heterocycles. The van der Waals surface area contributed by atoms with Gasteiger partial charge in [-0.05, 0) is 42.8 Å². The van der Waals surface area contributed by atoms with Crippen LogP contribution in [0.1, 0.15) is 12.0 Å². The lowest BCUT2D eigenvalue weighted by atomic mass is 10.1. The van der Waals surface area contributed by atoms with Gasteiger partial charge in [0.1, 0.15) is 5.82 Å². The summed E-state index contributed by atoms with van der Waals surface area (Å²) in [6.07, 6.45) is -2.13. The molecule has 4 rings (SSSR count). The highest BCUT2D eigenvalue weighted by molar-refractivity contribution is 6.04. The van der Waals surface area contributed by atoms with E-state index in [1.165, 1.54) is 11.0 Å². The Morgan fingerprint density at radius 2 is 1.88 bits per heavy atom. The minimum absolute atomic E-state index is 0.311. The third kappa shape index (κ3) is 4.23. The van der Waals surface area contributed by atoms with E-state index in [0.717, 1.165) is 17.8 Å². The van der Waals surface area contributed by atoms with Gasteiger partial charge in [-0.1, -0.05) is 18.2 Å². The smallest absolute Gasteiger partial charge is 0.372 e. The van der Waals surface area contributed by atoms with Crippen molar-refractivity contribution in [1.29, 1.82) is 0 Å². The molecule has 0 N–H and O–H groups in total. The molecule has 32 heavy (non-hydrogen) atoms. The summed E-state index contributed by atoms with van der Waals surface area (Å²) < 4.78 is 39.6. The first-order valence-corrected chi connectivity index (χ1v) is 10.1. The molecular weight excluding hydrogens is 419 g/mol. The summed E-state index contributed by atoms with van der Waals surface area (Å²) >= 11 is 0. The number of urea groups is 1. The molecule has 0 saturated carbocycles. The highest BCUT2D eigenvalue weighted by Crippen LogP contribution is 2.35. The maximum absolute atomic E-state index is 13.4. The number of nitrogens with zero attached hydrogens (tertiary/aromatic N) is 5. The average molecular weight is 441 g/mol. The van der Waals surface area contributed by atoms with Crippen molar-refractivity contribution in [3.63, 3.8) is 0 Å². The lowest BCUT2D eigenvalue weighted by Gasteiger charge is -2.27. The van der Waals surface area contributed by atoms with E-state index in [9.17, 15) is 18.0 Å². The molecule has 6 nitrogen and oxygen atoms in total. The van der Waals surface area contributed by atoms with Gasteiger partial charge in [-0.25, -0.2) is 14.8 Å². The van der Waals surface area contributed by atoms with Crippen molar-refractivity contribution in [2.24, 2.45) is 0 Å².